The minimum absolute atomic E-state index is 0.321. The summed E-state index contributed by atoms with van der Waals surface area (Å²) in [7, 11) is 0. The highest BCUT2D eigenvalue weighted by Crippen LogP contribution is 2.25. The topological polar surface area (TPSA) is 93.8 Å². The number of rotatable bonds is 6. The molecule has 0 fully saturated rings. The van der Waals surface area contributed by atoms with Gasteiger partial charge in [0, 0.05) is 5.56 Å². The molecule has 0 atom stereocenters. The van der Waals surface area contributed by atoms with E-state index in [1.165, 1.54) is 17.6 Å². The van der Waals surface area contributed by atoms with E-state index >= 15 is 0 Å². The van der Waals surface area contributed by atoms with Crippen molar-refractivity contribution in [3.05, 3.63) is 93.9 Å². The molecule has 0 aliphatic heterocycles. The van der Waals surface area contributed by atoms with Gasteiger partial charge in [0.25, 0.3) is 5.91 Å². The predicted octanol–water partition coefficient (Wildman–Crippen LogP) is 4.69. The molecule has 7 nitrogen and oxygen atoms in total. The van der Waals surface area contributed by atoms with Crippen LogP contribution in [0.1, 0.15) is 31.4 Å². The van der Waals surface area contributed by atoms with E-state index in [4.69, 9.17) is 9.26 Å². The summed E-state index contributed by atoms with van der Waals surface area (Å²) in [5.74, 6) is -0.0770. The van der Waals surface area contributed by atoms with Crippen molar-refractivity contribution < 1.29 is 18.8 Å². The molecule has 1 N–H and O–H groups in total. The summed E-state index contributed by atoms with van der Waals surface area (Å²) in [6, 6.07) is 19.6. The number of esters is 1. The number of amides is 1. The third-order valence-corrected chi connectivity index (χ3v) is 5.16. The van der Waals surface area contributed by atoms with Gasteiger partial charge in [-0.3, -0.25) is 4.79 Å². The fourth-order valence-corrected chi connectivity index (χ4v) is 3.46. The van der Waals surface area contributed by atoms with E-state index in [2.05, 4.69) is 15.7 Å². The van der Waals surface area contributed by atoms with Crippen LogP contribution in [0.5, 0.6) is 5.75 Å². The molecule has 0 saturated heterocycles. The van der Waals surface area contributed by atoms with Crippen LogP contribution in [0.2, 0.25) is 0 Å². The zero-order valence-electron chi connectivity index (χ0n) is 16.4. The van der Waals surface area contributed by atoms with Gasteiger partial charge in [-0.05, 0) is 36.1 Å². The Balaban J connectivity index is 1.44. The normalized spacial score (nSPS) is 10.9. The number of aryl methyl sites for hydroxylation is 1. The van der Waals surface area contributed by atoms with E-state index in [0.29, 0.717) is 33.2 Å². The van der Waals surface area contributed by atoms with Crippen molar-refractivity contribution in [3.63, 3.8) is 0 Å². The Morgan fingerprint density at radius 2 is 1.94 bits per heavy atom. The molecule has 2 heterocycles. The van der Waals surface area contributed by atoms with Crippen LogP contribution in [0.15, 0.2) is 81.7 Å². The second-order valence-corrected chi connectivity index (χ2v) is 7.41. The zero-order chi connectivity index (χ0) is 21.6. The Morgan fingerprint density at radius 3 is 2.71 bits per heavy atom. The number of hydrogen-bond acceptors (Lipinski definition) is 7. The summed E-state index contributed by atoms with van der Waals surface area (Å²) in [6.07, 6.45) is 1.46. The number of ether oxygens (including phenoxy) is 1. The third kappa shape index (κ3) is 4.76. The number of benzene rings is 2. The van der Waals surface area contributed by atoms with E-state index in [9.17, 15) is 9.59 Å². The summed E-state index contributed by atoms with van der Waals surface area (Å²) in [5, 5.41) is 9.82. The van der Waals surface area contributed by atoms with E-state index in [-0.39, 0.29) is 0 Å². The van der Waals surface area contributed by atoms with Crippen LogP contribution in [0, 0.1) is 6.92 Å². The van der Waals surface area contributed by atoms with Crippen LogP contribution >= 0.6 is 11.3 Å². The second-order valence-electron chi connectivity index (χ2n) is 6.47. The molecule has 0 unspecified atom stereocenters. The van der Waals surface area contributed by atoms with Crippen molar-refractivity contribution in [3.8, 4) is 17.0 Å². The molecule has 0 saturated carbocycles. The molecule has 154 valence electrons. The minimum Gasteiger partial charge on any atom is -0.422 e. The smallest absolute Gasteiger partial charge is 0.353 e. The Kier molecular flexibility index (Phi) is 6.00. The molecule has 0 aliphatic rings. The maximum Gasteiger partial charge on any atom is 0.353 e. The SMILES string of the molecule is Cc1onc(-c2ccccc2)c1C(=O)NN=Cc1cccc(OC(=O)c2cccs2)c1. The number of nitrogens with one attached hydrogen (secondary N) is 1. The summed E-state index contributed by atoms with van der Waals surface area (Å²) in [6.45, 7) is 1.67. The van der Waals surface area contributed by atoms with E-state index in [0.717, 1.165) is 5.56 Å². The van der Waals surface area contributed by atoms with E-state index < -0.39 is 11.9 Å². The molecule has 0 bridgehead atoms. The Labute approximate surface area is 182 Å². The fourth-order valence-electron chi connectivity index (χ4n) is 2.86. The van der Waals surface area contributed by atoms with Gasteiger partial charge in [0.2, 0.25) is 0 Å². The number of hydrazone groups is 1. The molecule has 0 radical (unpaired) electrons. The van der Waals surface area contributed by atoms with Gasteiger partial charge in [0.05, 0.1) is 6.21 Å². The van der Waals surface area contributed by atoms with Crippen molar-refractivity contribution >= 4 is 29.4 Å². The summed E-state index contributed by atoms with van der Waals surface area (Å²) >= 11 is 1.31. The molecule has 0 aliphatic carbocycles. The van der Waals surface area contributed by atoms with Crippen LogP contribution in [0.25, 0.3) is 11.3 Å². The quantitative estimate of drug-likeness (QED) is 0.207. The molecule has 4 aromatic rings. The van der Waals surface area contributed by atoms with Gasteiger partial charge in [-0.2, -0.15) is 5.10 Å². The summed E-state index contributed by atoms with van der Waals surface area (Å²) < 4.78 is 10.6. The number of thiophene rings is 1. The average Bonchev–Trinajstić information content (AvgIpc) is 3.45. The fraction of sp³-hybridized carbons (Fsp3) is 0.0435. The first-order valence-electron chi connectivity index (χ1n) is 9.32. The Morgan fingerprint density at radius 1 is 1.10 bits per heavy atom. The van der Waals surface area contributed by atoms with Crippen molar-refractivity contribution in [2.24, 2.45) is 5.10 Å². The maximum absolute atomic E-state index is 12.7. The lowest BCUT2D eigenvalue weighted by Gasteiger charge is -2.04. The average molecular weight is 431 g/mol. The summed E-state index contributed by atoms with van der Waals surface area (Å²) in [4.78, 5) is 25.3. The lowest BCUT2D eigenvalue weighted by molar-refractivity contribution is 0.0739. The Hall–Kier alpha value is -4.04. The standard InChI is InChI=1S/C23H17N3O4S/c1-15-20(21(26-30-15)17-8-3-2-4-9-17)22(27)25-24-14-16-7-5-10-18(13-16)29-23(28)19-11-6-12-31-19/h2-14H,1H3,(H,25,27). The number of aromatic nitrogens is 1. The first kappa shape index (κ1) is 20.2. The van der Waals surface area contributed by atoms with Crippen LogP contribution in [0.3, 0.4) is 0 Å². The van der Waals surface area contributed by atoms with Gasteiger partial charge in [-0.1, -0.05) is 53.7 Å². The van der Waals surface area contributed by atoms with E-state index in [1.54, 1.807) is 43.3 Å². The second kappa shape index (κ2) is 9.19. The highest BCUT2D eigenvalue weighted by Gasteiger charge is 2.21. The molecule has 0 spiro atoms. The van der Waals surface area contributed by atoms with Crippen LogP contribution in [-0.2, 0) is 0 Å². The van der Waals surface area contributed by atoms with Crippen LogP contribution in [0.4, 0.5) is 0 Å². The Bertz CT molecular complexity index is 1230. The van der Waals surface area contributed by atoms with Crippen molar-refractivity contribution in [1.82, 2.24) is 10.6 Å². The number of nitrogens with zero attached hydrogens (tertiary/aromatic N) is 2. The molecule has 4 rings (SSSR count). The molecule has 2 aromatic carbocycles. The van der Waals surface area contributed by atoms with E-state index in [1.807, 2.05) is 35.7 Å². The maximum atomic E-state index is 12.7. The lowest BCUT2D eigenvalue weighted by Crippen LogP contribution is -2.18. The lowest BCUT2D eigenvalue weighted by atomic mass is 10.1. The molecule has 2 aromatic heterocycles. The highest BCUT2D eigenvalue weighted by molar-refractivity contribution is 7.12. The molecule has 1 amide bonds. The first-order valence-corrected chi connectivity index (χ1v) is 10.2. The highest BCUT2D eigenvalue weighted by atomic mass is 32.1. The van der Waals surface area contributed by atoms with Gasteiger partial charge in [0.1, 0.15) is 27.6 Å². The van der Waals surface area contributed by atoms with Crippen LogP contribution < -0.4 is 10.2 Å². The number of carbonyl (C=O) groups is 2. The number of hydrogen-bond donors (Lipinski definition) is 1. The number of carbonyl (C=O) groups excluding carboxylic acids is 2. The zero-order valence-corrected chi connectivity index (χ0v) is 17.3. The first-order chi connectivity index (χ1) is 15.1. The summed E-state index contributed by atoms with van der Waals surface area (Å²) in [5.41, 5.74) is 4.69. The van der Waals surface area contributed by atoms with Gasteiger partial charge in [0.15, 0.2) is 0 Å². The minimum atomic E-state index is -0.436. The predicted molar refractivity (Wildman–Crippen MR) is 117 cm³/mol. The molecule has 31 heavy (non-hydrogen) atoms. The third-order valence-electron chi connectivity index (χ3n) is 4.31. The van der Waals surface area contributed by atoms with Crippen molar-refractivity contribution in [1.29, 1.82) is 0 Å². The van der Waals surface area contributed by atoms with Gasteiger partial charge >= 0.3 is 5.97 Å². The molecular formula is C23H17N3O4S. The largest absolute Gasteiger partial charge is 0.422 e. The van der Waals surface area contributed by atoms with Crippen molar-refractivity contribution in [2.75, 3.05) is 0 Å². The van der Waals surface area contributed by atoms with Crippen molar-refractivity contribution in [2.45, 2.75) is 6.92 Å². The van der Waals surface area contributed by atoms with Gasteiger partial charge in [-0.25, -0.2) is 10.2 Å². The van der Waals surface area contributed by atoms with Gasteiger partial charge < -0.3 is 9.26 Å². The van der Waals surface area contributed by atoms with Crippen LogP contribution in [-0.4, -0.2) is 23.2 Å². The monoisotopic (exact) mass is 431 g/mol. The van der Waals surface area contributed by atoms with Gasteiger partial charge in [-0.15, -0.1) is 11.3 Å². The molecule has 8 heteroatoms. The molecular weight excluding hydrogens is 414 g/mol.